The third-order valence-corrected chi connectivity index (χ3v) is 4.53. The summed E-state index contributed by atoms with van der Waals surface area (Å²) < 4.78 is 0. The van der Waals surface area contributed by atoms with Gasteiger partial charge < -0.3 is 4.90 Å². The molecular formula is C11H14ClN3S. The molecule has 3 nitrogen and oxygen atoms in total. The number of hydrogen-bond acceptors (Lipinski definition) is 4. The fourth-order valence-electron chi connectivity index (χ4n) is 2.23. The van der Waals surface area contributed by atoms with E-state index in [4.69, 9.17) is 11.6 Å². The normalized spacial score (nSPS) is 24.7. The first-order chi connectivity index (χ1) is 7.86. The minimum atomic E-state index is 0.548. The fourth-order valence-corrected chi connectivity index (χ4v) is 3.63. The van der Waals surface area contributed by atoms with Crippen molar-refractivity contribution in [2.24, 2.45) is 0 Å². The second-order valence-electron chi connectivity index (χ2n) is 4.33. The van der Waals surface area contributed by atoms with E-state index >= 15 is 0 Å². The lowest BCUT2D eigenvalue weighted by Crippen LogP contribution is -2.38. The number of hydrogen-bond donors (Lipinski definition) is 0. The Bertz CT molecular complexity index is 377. The lowest BCUT2D eigenvalue weighted by atomic mass is 10.2. The smallest absolute Gasteiger partial charge is 0.171 e. The van der Waals surface area contributed by atoms with Crippen LogP contribution in [0.3, 0.4) is 0 Å². The van der Waals surface area contributed by atoms with E-state index in [1.165, 1.54) is 30.8 Å². The molecule has 1 unspecified atom stereocenters. The predicted molar refractivity (Wildman–Crippen MR) is 68.3 cm³/mol. The number of nitrogens with zero attached hydrogens (tertiary/aromatic N) is 3. The van der Waals surface area contributed by atoms with Gasteiger partial charge >= 0.3 is 0 Å². The van der Waals surface area contributed by atoms with Crippen molar-refractivity contribution >= 4 is 29.2 Å². The van der Waals surface area contributed by atoms with Crippen molar-refractivity contribution in [2.45, 2.75) is 31.3 Å². The molecule has 1 aromatic rings. The molecule has 0 N–H and O–H groups in total. The Morgan fingerprint density at radius 2 is 2.00 bits per heavy atom. The molecule has 1 atom stereocenters. The van der Waals surface area contributed by atoms with Crippen LogP contribution in [0.5, 0.6) is 0 Å². The van der Waals surface area contributed by atoms with Crippen molar-refractivity contribution in [1.29, 1.82) is 0 Å². The molecule has 5 heteroatoms. The van der Waals surface area contributed by atoms with Crippen LogP contribution in [0.2, 0.25) is 5.15 Å². The van der Waals surface area contributed by atoms with Crippen LogP contribution in [0.15, 0.2) is 12.4 Å². The molecule has 2 heterocycles. The second-order valence-corrected chi connectivity index (χ2v) is 5.83. The molecule has 2 aliphatic rings. The van der Waals surface area contributed by atoms with Crippen molar-refractivity contribution < 1.29 is 0 Å². The molecule has 1 aliphatic carbocycles. The molecule has 1 aromatic heterocycles. The van der Waals surface area contributed by atoms with Crippen molar-refractivity contribution in [2.75, 3.05) is 16.4 Å². The monoisotopic (exact) mass is 255 g/mol. The van der Waals surface area contributed by atoms with Crippen LogP contribution < -0.4 is 4.90 Å². The average molecular weight is 256 g/mol. The van der Waals surface area contributed by atoms with E-state index in [9.17, 15) is 0 Å². The Labute approximate surface area is 105 Å². The van der Waals surface area contributed by atoms with Crippen molar-refractivity contribution in [3.05, 3.63) is 17.5 Å². The quantitative estimate of drug-likeness (QED) is 0.830. The van der Waals surface area contributed by atoms with Gasteiger partial charge in [0.15, 0.2) is 11.0 Å². The third-order valence-electron chi connectivity index (χ3n) is 3.12. The maximum Gasteiger partial charge on any atom is 0.171 e. The van der Waals surface area contributed by atoms with Gasteiger partial charge in [-0.2, -0.15) is 11.8 Å². The van der Waals surface area contributed by atoms with Crippen LogP contribution in [0.4, 0.5) is 5.82 Å². The molecule has 0 bridgehead atoms. The topological polar surface area (TPSA) is 29.0 Å². The Kier molecular flexibility index (Phi) is 2.94. The Morgan fingerprint density at radius 3 is 2.62 bits per heavy atom. The molecule has 1 aliphatic heterocycles. The standard InChI is InChI=1S/C11H14ClN3S/c12-10-11(14-5-4-13-10)15(8-1-2-8)9-3-6-16-7-9/h4-5,8-9H,1-3,6-7H2. The van der Waals surface area contributed by atoms with Crippen molar-refractivity contribution in [3.8, 4) is 0 Å². The second kappa shape index (κ2) is 4.41. The highest BCUT2D eigenvalue weighted by atomic mass is 35.5. The van der Waals surface area contributed by atoms with Crippen LogP contribution in [-0.4, -0.2) is 33.6 Å². The molecular weight excluding hydrogens is 242 g/mol. The van der Waals surface area contributed by atoms with E-state index in [1.807, 2.05) is 11.8 Å². The molecule has 3 rings (SSSR count). The fraction of sp³-hybridized carbons (Fsp3) is 0.636. The van der Waals surface area contributed by atoms with Gasteiger partial charge in [-0.1, -0.05) is 11.6 Å². The van der Waals surface area contributed by atoms with Crippen LogP contribution in [0.1, 0.15) is 19.3 Å². The van der Waals surface area contributed by atoms with Gasteiger partial charge in [-0.05, 0) is 25.0 Å². The van der Waals surface area contributed by atoms with Gasteiger partial charge in [0.25, 0.3) is 0 Å². The van der Waals surface area contributed by atoms with Gasteiger partial charge in [0, 0.05) is 30.2 Å². The summed E-state index contributed by atoms with van der Waals surface area (Å²) in [5, 5.41) is 0.548. The highest BCUT2D eigenvalue weighted by Gasteiger charge is 2.37. The molecule has 16 heavy (non-hydrogen) atoms. The highest BCUT2D eigenvalue weighted by Crippen LogP contribution is 2.38. The van der Waals surface area contributed by atoms with Gasteiger partial charge in [-0.15, -0.1) is 0 Å². The molecule has 0 aromatic carbocycles. The predicted octanol–water partition coefficient (Wildman–Crippen LogP) is 2.60. The Balaban J connectivity index is 1.90. The van der Waals surface area contributed by atoms with Crippen molar-refractivity contribution in [1.82, 2.24) is 9.97 Å². The third kappa shape index (κ3) is 2.00. The lowest BCUT2D eigenvalue weighted by Gasteiger charge is -2.29. The molecule has 0 spiro atoms. The van der Waals surface area contributed by atoms with Crippen LogP contribution >= 0.6 is 23.4 Å². The molecule has 2 fully saturated rings. The Hall–Kier alpha value is -0.480. The molecule has 86 valence electrons. The van der Waals surface area contributed by atoms with Gasteiger partial charge in [0.05, 0.1) is 0 Å². The van der Waals surface area contributed by atoms with E-state index in [-0.39, 0.29) is 0 Å². The van der Waals surface area contributed by atoms with Gasteiger partial charge in [0.1, 0.15) is 0 Å². The average Bonchev–Trinajstić information content (AvgIpc) is 2.97. The summed E-state index contributed by atoms with van der Waals surface area (Å²) in [7, 11) is 0. The first-order valence-electron chi connectivity index (χ1n) is 5.69. The van der Waals surface area contributed by atoms with E-state index in [0.717, 1.165) is 5.82 Å². The summed E-state index contributed by atoms with van der Waals surface area (Å²) in [6.07, 6.45) is 7.18. The van der Waals surface area contributed by atoms with E-state index in [1.54, 1.807) is 12.4 Å². The minimum Gasteiger partial charge on any atom is -0.347 e. The van der Waals surface area contributed by atoms with Gasteiger partial charge in [-0.3, -0.25) is 0 Å². The summed E-state index contributed by atoms with van der Waals surface area (Å²) in [4.78, 5) is 11.0. The summed E-state index contributed by atoms with van der Waals surface area (Å²) in [5.74, 6) is 3.34. The molecule has 1 saturated heterocycles. The van der Waals surface area contributed by atoms with Crippen LogP contribution in [0, 0.1) is 0 Å². The van der Waals surface area contributed by atoms with E-state index in [0.29, 0.717) is 17.2 Å². The zero-order valence-corrected chi connectivity index (χ0v) is 10.5. The SMILES string of the molecule is Clc1nccnc1N(C1CC1)C1CCSC1. The summed E-state index contributed by atoms with van der Waals surface area (Å²) in [6, 6.07) is 1.25. The molecule has 1 saturated carbocycles. The summed E-state index contributed by atoms with van der Waals surface area (Å²) in [6.45, 7) is 0. The maximum absolute atomic E-state index is 6.15. The minimum absolute atomic E-state index is 0.548. The van der Waals surface area contributed by atoms with Gasteiger partial charge in [-0.25, -0.2) is 9.97 Å². The number of thioether (sulfide) groups is 1. The first-order valence-corrected chi connectivity index (χ1v) is 7.22. The molecule has 0 radical (unpaired) electrons. The zero-order chi connectivity index (χ0) is 11.0. The number of halogens is 1. The van der Waals surface area contributed by atoms with Crippen molar-refractivity contribution in [3.63, 3.8) is 0 Å². The Morgan fingerprint density at radius 1 is 1.19 bits per heavy atom. The van der Waals surface area contributed by atoms with Gasteiger partial charge in [0.2, 0.25) is 0 Å². The lowest BCUT2D eigenvalue weighted by molar-refractivity contribution is 0.631. The number of aromatic nitrogens is 2. The van der Waals surface area contributed by atoms with Crippen LogP contribution in [-0.2, 0) is 0 Å². The largest absolute Gasteiger partial charge is 0.347 e. The highest BCUT2D eigenvalue weighted by molar-refractivity contribution is 7.99. The first kappa shape index (κ1) is 10.7. The number of rotatable bonds is 3. The zero-order valence-electron chi connectivity index (χ0n) is 8.97. The molecule has 0 amide bonds. The number of anilines is 1. The summed E-state index contributed by atoms with van der Waals surface area (Å²) >= 11 is 8.17. The van der Waals surface area contributed by atoms with Crippen LogP contribution in [0.25, 0.3) is 0 Å². The maximum atomic E-state index is 6.15. The van der Waals surface area contributed by atoms with E-state index in [2.05, 4.69) is 14.9 Å². The summed E-state index contributed by atoms with van der Waals surface area (Å²) in [5.41, 5.74) is 0. The van der Waals surface area contributed by atoms with E-state index < -0.39 is 0 Å².